The number of unbranched alkanes of at least 4 members (excludes halogenated alkanes) is 3. The smallest absolute Gasteiger partial charge is 0.326 e. The topological polar surface area (TPSA) is 630 Å². The summed E-state index contributed by atoms with van der Waals surface area (Å²) in [5.74, 6) is -13.2. The number of amides is 12. The number of aliphatic imine (C=N–C) groups is 1. The number of carboxylic acids is 1. The second kappa shape index (κ2) is 46.2. The average molecular weight is 1330 g/mol. The van der Waals surface area contributed by atoms with Crippen molar-refractivity contribution in [2.24, 2.45) is 57.0 Å². The van der Waals surface area contributed by atoms with E-state index in [4.69, 9.17) is 40.1 Å². The summed E-state index contributed by atoms with van der Waals surface area (Å²) in [6, 6.07) is -17.4. The molecule has 0 aliphatic carbocycles. The molecular formula is C57H107N19O17. The van der Waals surface area contributed by atoms with E-state index in [0.29, 0.717) is 38.5 Å². The zero-order valence-electron chi connectivity index (χ0n) is 54.6. The Morgan fingerprint density at radius 3 is 1.11 bits per heavy atom. The fourth-order valence-electron chi connectivity index (χ4n) is 8.93. The summed E-state index contributed by atoms with van der Waals surface area (Å²) >= 11 is 0. The minimum Gasteiger partial charge on any atom is -0.480 e. The predicted octanol–water partition coefficient (Wildman–Crippen LogP) is -8.07. The number of rotatable bonds is 49. The number of aliphatic hydroxyl groups is 3. The molecule has 0 saturated heterocycles. The van der Waals surface area contributed by atoms with Gasteiger partial charge in [0.1, 0.15) is 72.5 Å². The van der Waals surface area contributed by atoms with Gasteiger partial charge in [0.15, 0.2) is 5.96 Å². The van der Waals surface area contributed by atoms with Crippen LogP contribution in [0.1, 0.15) is 145 Å². The van der Waals surface area contributed by atoms with Crippen LogP contribution in [-0.4, -0.2) is 221 Å². The van der Waals surface area contributed by atoms with Crippen molar-refractivity contribution in [2.45, 2.75) is 223 Å². The maximum atomic E-state index is 14.2. The van der Waals surface area contributed by atoms with Crippen molar-refractivity contribution in [3.8, 4) is 0 Å². The minimum absolute atomic E-state index is 0.00175. The number of nitrogens with two attached hydrogens (primary N) is 7. The third-order valence-electron chi connectivity index (χ3n) is 14.2. The molecule has 0 aromatic heterocycles. The van der Waals surface area contributed by atoms with E-state index in [9.17, 15) is 82.8 Å². The van der Waals surface area contributed by atoms with Crippen LogP contribution in [0, 0.1) is 11.8 Å². The average Bonchev–Trinajstić information content (AvgIpc) is 1.16. The Kier molecular flexibility index (Phi) is 42.3. The molecule has 0 unspecified atom stereocenters. The molecule has 0 spiro atoms. The third-order valence-corrected chi connectivity index (χ3v) is 14.2. The Morgan fingerprint density at radius 1 is 0.387 bits per heavy atom. The highest BCUT2D eigenvalue weighted by Crippen LogP contribution is 2.13. The van der Waals surface area contributed by atoms with Crippen LogP contribution in [0.3, 0.4) is 0 Å². The number of hydrogen-bond acceptors (Lipinski definition) is 21. The van der Waals surface area contributed by atoms with E-state index in [1.807, 2.05) is 0 Å². The zero-order chi connectivity index (χ0) is 71.1. The van der Waals surface area contributed by atoms with E-state index in [1.165, 1.54) is 13.8 Å². The maximum absolute atomic E-state index is 14.2. The molecule has 36 heteroatoms. The fraction of sp³-hybridized carbons (Fsp3) is 0.754. The van der Waals surface area contributed by atoms with Crippen molar-refractivity contribution < 1.29 is 82.8 Å². The molecule has 532 valence electrons. The molecule has 0 aromatic carbocycles. The molecular weight excluding hydrogens is 1220 g/mol. The highest BCUT2D eigenvalue weighted by Gasteiger charge is 2.37. The van der Waals surface area contributed by atoms with Crippen molar-refractivity contribution in [3.05, 3.63) is 0 Å². The number of carbonyl (C=O) groups excluding carboxylic acids is 12. The summed E-state index contributed by atoms with van der Waals surface area (Å²) in [6.45, 7) is 9.62. The van der Waals surface area contributed by atoms with Crippen molar-refractivity contribution >= 4 is 82.8 Å². The van der Waals surface area contributed by atoms with Gasteiger partial charge in [-0.2, -0.15) is 0 Å². The van der Waals surface area contributed by atoms with Gasteiger partial charge in [0.2, 0.25) is 70.9 Å². The Morgan fingerprint density at radius 2 is 0.720 bits per heavy atom. The summed E-state index contributed by atoms with van der Waals surface area (Å²) < 4.78 is 0. The summed E-state index contributed by atoms with van der Waals surface area (Å²) in [7, 11) is 0. The van der Waals surface area contributed by atoms with E-state index in [1.54, 1.807) is 27.7 Å². The maximum Gasteiger partial charge on any atom is 0.326 e. The largest absolute Gasteiger partial charge is 0.480 e. The van der Waals surface area contributed by atoms with Crippen LogP contribution >= 0.6 is 0 Å². The van der Waals surface area contributed by atoms with Crippen LogP contribution in [0.15, 0.2) is 4.99 Å². The Labute approximate surface area is 542 Å². The van der Waals surface area contributed by atoms with Crippen LogP contribution in [0.5, 0.6) is 0 Å². The molecule has 36 nitrogen and oxygen atoms in total. The molecule has 0 radical (unpaired) electrons. The summed E-state index contributed by atoms with van der Waals surface area (Å²) in [4.78, 5) is 178. The molecule has 0 fully saturated rings. The molecule has 0 heterocycles. The van der Waals surface area contributed by atoms with Crippen LogP contribution in [0.25, 0.3) is 0 Å². The van der Waals surface area contributed by atoms with Crippen LogP contribution in [0.4, 0.5) is 0 Å². The molecule has 0 aliphatic rings. The lowest BCUT2D eigenvalue weighted by molar-refractivity contribution is -0.143. The van der Waals surface area contributed by atoms with Crippen LogP contribution in [0.2, 0.25) is 0 Å². The van der Waals surface area contributed by atoms with E-state index >= 15 is 0 Å². The van der Waals surface area contributed by atoms with E-state index in [-0.39, 0.29) is 102 Å². The van der Waals surface area contributed by atoms with Crippen molar-refractivity contribution in [3.63, 3.8) is 0 Å². The normalized spacial score (nSPS) is 15.4. The van der Waals surface area contributed by atoms with Gasteiger partial charge in [-0.05, 0) is 142 Å². The molecule has 12 amide bonds. The van der Waals surface area contributed by atoms with Gasteiger partial charge >= 0.3 is 5.97 Å². The lowest BCUT2D eigenvalue weighted by atomic mass is 10.0. The first kappa shape index (κ1) is 85.1. The van der Waals surface area contributed by atoms with Gasteiger partial charge in [0.05, 0.1) is 19.3 Å². The second-order valence-corrected chi connectivity index (χ2v) is 23.6. The van der Waals surface area contributed by atoms with E-state index in [0.717, 1.165) is 6.92 Å². The number of carboxylic acid groups (broad SMARTS) is 1. The standard InChI is InChI=1S/C57H107N19O17/c1-29(2)25-40(73-50(86)36(16-9-12-22-59)70-48(84)37(18-14-24-65-57(63)64)71-51(87)38(19-20-43(62)80)69-47(83)34(61)27-77)52(88)67-31(5)45(81)66-32(6)46(82)68-35(15-8-11-21-58)49(85)74-41(26-30(3)4)53(89)76-44(33(7)79)55(91)75-42(28-78)54(90)72-39(56(92)93)17-10-13-23-60/h29-42,44,77-79H,8-28,58-61H2,1-7H3,(H2,62,80)(H,66,81)(H,67,88)(H,68,82)(H,69,83)(H,70,84)(H,71,87)(H,72,90)(H,73,86)(H,74,85)(H,75,91)(H,76,89)(H,92,93)(H4,63,64,65)/t31-,32-,33+,34-,35-,36-,37-,38-,39-,40-,41-,42-,44-/m0/s1. The summed E-state index contributed by atoms with van der Waals surface area (Å²) in [5, 5.41) is 66.7. The van der Waals surface area contributed by atoms with Crippen molar-refractivity contribution in [2.75, 3.05) is 39.4 Å². The minimum atomic E-state index is -1.78. The quantitative estimate of drug-likeness (QED) is 0.0153. The Hall–Kier alpha value is -7.90. The molecule has 13 atom stereocenters. The SMILES string of the molecule is CC(C)C[C@H](NC(=O)[C@H](CCCCN)NC(=O)[C@H](CCCN=C(N)N)NC(=O)[C@H](CCC(N)=O)NC(=O)[C@@H](N)CO)C(=O)N[C@@H](C)C(=O)N[C@@H](C)C(=O)N[C@@H](CCCCN)C(=O)N[C@@H](CC(C)C)C(=O)N[C@H](C(=O)N[C@@H](CO)C(=O)N[C@@H](CCCCN)C(=O)O)[C@@H](C)O. The van der Waals surface area contributed by atoms with Crippen LogP contribution < -0.4 is 98.6 Å². The lowest BCUT2D eigenvalue weighted by Gasteiger charge is -2.28. The first-order valence-corrected chi connectivity index (χ1v) is 31.3. The first-order valence-electron chi connectivity index (χ1n) is 31.3. The highest BCUT2D eigenvalue weighted by atomic mass is 16.4. The molecule has 0 aromatic rings. The summed E-state index contributed by atoms with van der Waals surface area (Å²) in [6.07, 6.45) is -0.182. The Balaban J connectivity index is 6.54. The number of carbonyl (C=O) groups is 13. The zero-order valence-corrected chi connectivity index (χ0v) is 54.6. The van der Waals surface area contributed by atoms with Gasteiger partial charge in [-0.15, -0.1) is 0 Å². The second-order valence-electron chi connectivity index (χ2n) is 23.6. The van der Waals surface area contributed by atoms with Gasteiger partial charge < -0.3 is 119 Å². The van der Waals surface area contributed by atoms with Crippen LogP contribution in [-0.2, 0) is 62.3 Å². The number of aliphatic hydroxyl groups excluding tert-OH is 3. The van der Waals surface area contributed by atoms with Gasteiger partial charge in [0, 0.05) is 13.0 Å². The number of primary amides is 1. The first-order chi connectivity index (χ1) is 43.7. The number of nitrogens with one attached hydrogen (secondary N) is 11. The van der Waals surface area contributed by atoms with Gasteiger partial charge in [0.25, 0.3) is 0 Å². The third kappa shape index (κ3) is 35.1. The monoisotopic (exact) mass is 1330 g/mol. The molecule has 0 bridgehead atoms. The predicted molar refractivity (Wildman–Crippen MR) is 340 cm³/mol. The lowest BCUT2D eigenvalue weighted by Crippen LogP contribution is -2.62. The number of nitrogens with zero attached hydrogens (tertiary/aromatic N) is 1. The number of aliphatic carboxylic acids is 1. The summed E-state index contributed by atoms with van der Waals surface area (Å²) in [5.41, 5.74) is 38.8. The van der Waals surface area contributed by atoms with Gasteiger partial charge in [-0.3, -0.25) is 62.5 Å². The molecule has 29 N–H and O–H groups in total. The van der Waals surface area contributed by atoms with Crippen molar-refractivity contribution in [1.82, 2.24) is 58.5 Å². The van der Waals surface area contributed by atoms with Crippen molar-refractivity contribution in [1.29, 1.82) is 0 Å². The van der Waals surface area contributed by atoms with Gasteiger partial charge in [-0.25, -0.2) is 4.79 Å². The molecule has 0 saturated carbocycles. The molecule has 0 rings (SSSR count). The molecule has 93 heavy (non-hydrogen) atoms. The van der Waals surface area contributed by atoms with E-state index in [2.05, 4.69) is 63.5 Å². The Bertz CT molecular complexity index is 2450. The molecule has 0 aliphatic heterocycles. The van der Waals surface area contributed by atoms with Gasteiger partial charge in [-0.1, -0.05) is 27.7 Å². The fourth-order valence-corrected chi connectivity index (χ4v) is 8.93. The number of hydrogen-bond donors (Lipinski definition) is 22. The number of guanidine groups is 1. The van der Waals surface area contributed by atoms with E-state index < -0.39 is 169 Å². The highest BCUT2D eigenvalue weighted by molar-refractivity contribution is 5.99.